The summed E-state index contributed by atoms with van der Waals surface area (Å²) >= 11 is 0. The Morgan fingerprint density at radius 2 is 2.24 bits per heavy atom. The van der Waals surface area contributed by atoms with E-state index in [9.17, 15) is 4.79 Å². The Hall–Kier alpha value is -1.46. The van der Waals surface area contributed by atoms with Crippen molar-refractivity contribution < 1.29 is 9.53 Å². The zero-order chi connectivity index (χ0) is 12.3. The Kier molecular flexibility index (Phi) is 3.71. The fourth-order valence-corrected chi connectivity index (χ4v) is 1.90. The summed E-state index contributed by atoms with van der Waals surface area (Å²) in [5.74, 6) is -0.279. The predicted molar refractivity (Wildman–Crippen MR) is 63.1 cm³/mol. The molecule has 2 heterocycles. The van der Waals surface area contributed by atoms with Gasteiger partial charge in [0.25, 0.3) is 0 Å². The number of carbonyl (C=O) groups excluding carboxylic acids is 1. The van der Waals surface area contributed by atoms with Crippen molar-refractivity contribution in [2.45, 2.75) is 19.0 Å². The van der Waals surface area contributed by atoms with Crippen molar-refractivity contribution in [2.24, 2.45) is 11.7 Å². The number of carbonyl (C=O) groups is 1. The first-order valence-corrected chi connectivity index (χ1v) is 5.72. The maximum Gasteiger partial charge on any atom is 0.227 e. The van der Waals surface area contributed by atoms with E-state index in [1.165, 1.54) is 0 Å². The van der Waals surface area contributed by atoms with Crippen molar-refractivity contribution in [3.63, 3.8) is 0 Å². The third-order valence-corrected chi connectivity index (χ3v) is 3.03. The third-order valence-electron chi connectivity index (χ3n) is 3.03. The first kappa shape index (κ1) is 12.0. The highest BCUT2D eigenvalue weighted by atomic mass is 16.5. The maximum atomic E-state index is 12.0. The molecule has 2 rings (SSSR count). The second kappa shape index (κ2) is 5.25. The van der Waals surface area contributed by atoms with Crippen LogP contribution >= 0.6 is 0 Å². The number of pyridine rings is 1. The first-order chi connectivity index (χ1) is 8.18. The molecule has 0 bridgehead atoms. The number of nitrogens with one attached hydrogen (secondary N) is 1. The van der Waals surface area contributed by atoms with Crippen LogP contribution in [0.2, 0.25) is 0 Å². The van der Waals surface area contributed by atoms with Crippen molar-refractivity contribution in [2.75, 3.05) is 13.2 Å². The van der Waals surface area contributed by atoms with Gasteiger partial charge in [-0.2, -0.15) is 0 Å². The number of hydrogen-bond acceptors (Lipinski definition) is 4. The molecule has 1 aliphatic rings. The summed E-state index contributed by atoms with van der Waals surface area (Å²) in [5, 5.41) is 2.94. The van der Waals surface area contributed by atoms with E-state index in [4.69, 9.17) is 10.5 Å². The number of ether oxygens (including phenoxy) is 1. The van der Waals surface area contributed by atoms with Crippen molar-refractivity contribution in [1.29, 1.82) is 0 Å². The Morgan fingerprint density at radius 1 is 1.53 bits per heavy atom. The van der Waals surface area contributed by atoms with E-state index >= 15 is 0 Å². The van der Waals surface area contributed by atoms with E-state index in [2.05, 4.69) is 10.3 Å². The molecule has 0 radical (unpaired) electrons. The zero-order valence-corrected chi connectivity index (χ0v) is 9.80. The summed E-state index contributed by atoms with van der Waals surface area (Å²) < 4.78 is 5.18. The lowest BCUT2D eigenvalue weighted by molar-refractivity contribution is -0.125. The van der Waals surface area contributed by atoms with Gasteiger partial charge < -0.3 is 15.8 Å². The van der Waals surface area contributed by atoms with Gasteiger partial charge in [0, 0.05) is 18.4 Å². The monoisotopic (exact) mass is 235 g/mol. The number of rotatable bonds is 3. The van der Waals surface area contributed by atoms with E-state index in [1.54, 1.807) is 12.4 Å². The average Bonchev–Trinajstić information content (AvgIpc) is 2.76. The molecular formula is C12H17N3O2. The molecule has 0 aliphatic carbocycles. The fraction of sp³-hybridized carbons (Fsp3) is 0.500. The minimum atomic E-state index is -0.237. The Morgan fingerprint density at radius 3 is 2.82 bits per heavy atom. The van der Waals surface area contributed by atoms with E-state index < -0.39 is 0 Å². The van der Waals surface area contributed by atoms with E-state index in [1.807, 2.05) is 19.1 Å². The highest BCUT2D eigenvalue weighted by Crippen LogP contribution is 2.15. The van der Waals surface area contributed by atoms with Gasteiger partial charge in [-0.05, 0) is 24.6 Å². The normalized spacial score (nSPS) is 25.5. The van der Waals surface area contributed by atoms with Gasteiger partial charge in [0.05, 0.1) is 25.2 Å². The molecule has 5 heteroatoms. The van der Waals surface area contributed by atoms with Gasteiger partial charge in [0.1, 0.15) is 0 Å². The van der Waals surface area contributed by atoms with Gasteiger partial charge in [-0.25, -0.2) is 0 Å². The standard InChI is InChI=1S/C12H17N3O2/c1-8(9-2-4-14-5-3-9)15-12(16)10-6-17-7-11(10)13/h2-5,8,10-11H,6-7,13H2,1H3,(H,15,16). The van der Waals surface area contributed by atoms with E-state index in [-0.39, 0.29) is 23.9 Å². The topological polar surface area (TPSA) is 77.2 Å². The van der Waals surface area contributed by atoms with Crippen molar-refractivity contribution in [3.8, 4) is 0 Å². The molecule has 17 heavy (non-hydrogen) atoms. The second-order valence-electron chi connectivity index (χ2n) is 4.32. The van der Waals surface area contributed by atoms with Gasteiger partial charge in [-0.15, -0.1) is 0 Å². The molecule has 1 amide bonds. The van der Waals surface area contributed by atoms with Crippen LogP contribution in [0.15, 0.2) is 24.5 Å². The maximum absolute atomic E-state index is 12.0. The largest absolute Gasteiger partial charge is 0.379 e. The zero-order valence-electron chi connectivity index (χ0n) is 9.80. The van der Waals surface area contributed by atoms with Crippen molar-refractivity contribution in [1.82, 2.24) is 10.3 Å². The summed E-state index contributed by atoms with van der Waals surface area (Å²) in [4.78, 5) is 15.9. The molecule has 0 saturated carbocycles. The van der Waals surface area contributed by atoms with Crippen LogP contribution in [0.25, 0.3) is 0 Å². The number of hydrogen-bond donors (Lipinski definition) is 2. The lowest BCUT2D eigenvalue weighted by Gasteiger charge is -2.18. The number of aromatic nitrogens is 1. The van der Waals surface area contributed by atoms with Crippen LogP contribution in [0.4, 0.5) is 0 Å². The number of nitrogens with two attached hydrogens (primary N) is 1. The van der Waals surface area contributed by atoms with E-state index in [0.717, 1.165) is 5.56 Å². The molecule has 1 saturated heterocycles. The highest BCUT2D eigenvalue weighted by molar-refractivity contribution is 5.80. The summed E-state index contributed by atoms with van der Waals surface area (Å²) in [6, 6.07) is 3.53. The quantitative estimate of drug-likeness (QED) is 0.786. The van der Waals surface area contributed by atoms with Crippen LogP contribution < -0.4 is 11.1 Å². The summed E-state index contributed by atoms with van der Waals surface area (Å²) in [7, 11) is 0. The molecule has 0 spiro atoms. The van der Waals surface area contributed by atoms with Crippen LogP contribution in [0, 0.1) is 5.92 Å². The lowest BCUT2D eigenvalue weighted by Crippen LogP contribution is -2.41. The first-order valence-electron chi connectivity index (χ1n) is 5.72. The van der Waals surface area contributed by atoms with Gasteiger partial charge in [-0.3, -0.25) is 9.78 Å². The van der Waals surface area contributed by atoms with Gasteiger partial charge in [-0.1, -0.05) is 0 Å². The minimum Gasteiger partial charge on any atom is -0.379 e. The smallest absolute Gasteiger partial charge is 0.227 e. The predicted octanol–water partition coefficient (Wildman–Crippen LogP) is 0.233. The van der Waals surface area contributed by atoms with E-state index in [0.29, 0.717) is 13.2 Å². The second-order valence-corrected chi connectivity index (χ2v) is 4.32. The van der Waals surface area contributed by atoms with Crippen LogP contribution in [0.5, 0.6) is 0 Å². The van der Waals surface area contributed by atoms with Crippen molar-refractivity contribution in [3.05, 3.63) is 30.1 Å². The van der Waals surface area contributed by atoms with Crippen LogP contribution in [-0.2, 0) is 9.53 Å². The van der Waals surface area contributed by atoms with Crippen LogP contribution in [0.1, 0.15) is 18.5 Å². The Balaban J connectivity index is 1.95. The highest BCUT2D eigenvalue weighted by Gasteiger charge is 2.31. The molecule has 1 aromatic rings. The molecule has 3 N–H and O–H groups in total. The lowest BCUT2D eigenvalue weighted by atomic mass is 10.0. The van der Waals surface area contributed by atoms with Gasteiger partial charge in [0.2, 0.25) is 5.91 Å². The summed E-state index contributed by atoms with van der Waals surface area (Å²) in [6.45, 7) is 2.81. The molecule has 0 aromatic carbocycles. The molecule has 5 nitrogen and oxygen atoms in total. The summed E-state index contributed by atoms with van der Waals surface area (Å²) in [6.07, 6.45) is 3.42. The molecule has 1 aliphatic heterocycles. The Labute approximate surface area is 100 Å². The SMILES string of the molecule is CC(NC(=O)C1COCC1N)c1ccncc1. The summed E-state index contributed by atoms with van der Waals surface area (Å²) in [5.41, 5.74) is 6.83. The molecule has 3 unspecified atom stereocenters. The van der Waals surface area contributed by atoms with Crippen LogP contribution in [-0.4, -0.2) is 30.1 Å². The third kappa shape index (κ3) is 2.81. The Bertz CT molecular complexity index is 383. The number of nitrogens with zero attached hydrogens (tertiary/aromatic N) is 1. The average molecular weight is 235 g/mol. The van der Waals surface area contributed by atoms with Gasteiger partial charge >= 0.3 is 0 Å². The molecule has 1 fully saturated rings. The number of amides is 1. The van der Waals surface area contributed by atoms with Crippen LogP contribution in [0.3, 0.4) is 0 Å². The van der Waals surface area contributed by atoms with Gasteiger partial charge in [0.15, 0.2) is 0 Å². The minimum absolute atomic E-state index is 0.0423. The molecule has 1 aromatic heterocycles. The molecular weight excluding hydrogens is 218 g/mol. The fourth-order valence-electron chi connectivity index (χ4n) is 1.90. The molecule has 3 atom stereocenters. The van der Waals surface area contributed by atoms with Crippen molar-refractivity contribution >= 4 is 5.91 Å². The molecule has 92 valence electrons.